The predicted molar refractivity (Wildman–Crippen MR) is 90.5 cm³/mol. The Kier molecular flexibility index (Phi) is 3.17. The average molecular weight is 348 g/mol. The van der Waals surface area contributed by atoms with Crippen LogP contribution in [-0.2, 0) is 0 Å². The van der Waals surface area contributed by atoms with Gasteiger partial charge >= 0.3 is 6.09 Å². The summed E-state index contributed by atoms with van der Waals surface area (Å²) in [4.78, 5) is 22.8. The van der Waals surface area contributed by atoms with E-state index in [2.05, 4.69) is 9.97 Å². The van der Waals surface area contributed by atoms with Crippen molar-refractivity contribution < 1.29 is 14.3 Å². The number of fused-ring (bicyclic) bond motifs is 3. The van der Waals surface area contributed by atoms with E-state index >= 15 is 0 Å². The molecule has 24 heavy (non-hydrogen) atoms. The van der Waals surface area contributed by atoms with Gasteiger partial charge in [0, 0.05) is 30.5 Å². The molecule has 8 nitrogen and oxygen atoms in total. The first kappa shape index (κ1) is 14.8. The lowest BCUT2D eigenvalue weighted by Crippen LogP contribution is -2.60. The Bertz CT molecular complexity index is 967. The molecule has 1 aliphatic rings. The van der Waals surface area contributed by atoms with Gasteiger partial charge in [-0.25, -0.2) is 9.78 Å². The number of rotatable bonds is 2. The number of nitrogen functional groups attached to an aromatic ring is 1. The Balaban J connectivity index is 1.77. The molecule has 3 heterocycles. The van der Waals surface area contributed by atoms with Gasteiger partial charge in [-0.15, -0.1) is 0 Å². The third-order valence-electron chi connectivity index (χ3n) is 4.28. The van der Waals surface area contributed by atoms with E-state index in [1.165, 1.54) is 4.90 Å². The first-order valence-electron chi connectivity index (χ1n) is 7.30. The number of likely N-dealkylation sites (N-methyl/N-ethyl adjacent to an activating group) is 1. The molecule has 3 N–H and O–H groups in total. The molecule has 9 heteroatoms. The lowest BCUT2D eigenvalue weighted by Gasteiger charge is -2.43. The van der Waals surface area contributed by atoms with Gasteiger partial charge in [0.15, 0.2) is 11.4 Å². The standard InChI is InChI=1S/C15H14ClN5O3/c1-20(15(22)23)8-5-21(6-8)13-12-11(18-14(17)19-13)9-4-7(16)2-3-10(9)24-12/h2-4,8H,5-6H2,1H3,(H,22,23)(H2,17,18,19). The summed E-state index contributed by atoms with van der Waals surface area (Å²) in [5, 5.41) is 10.4. The monoisotopic (exact) mass is 347 g/mol. The van der Waals surface area contributed by atoms with E-state index in [9.17, 15) is 4.79 Å². The van der Waals surface area contributed by atoms with Crippen molar-refractivity contribution >= 4 is 51.5 Å². The minimum atomic E-state index is -0.953. The maximum Gasteiger partial charge on any atom is 0.407 e. The van der Waals surface area contributed by atoms with Crippen LogP contribution in [0.5, 0.6) is 0 Å². The van der Waals surface area contributed by atoms with E-state index in [1.807, 2.05) is 4.90 Å². The zero-order valence-corrected chi connectivity index (χ0v) is 13.5. The summed E-state index contributed by atoms with van der Waals surface area (Å²) in [7, 11) is 1.55. The summed E-state index contributed by atoms with van der Waals surface area (Å²) >= 11 is 6.05. The van der Waals surface area contributed by atoms with Crippen molar-refractivity contribution in [2.45, 2.75) is 6.04 Å². The first-order valence-corrected chi connectivity index (χ1v) is 7.68. The van der Waals surface area contributed by atoms with Gasteiger partial charge in [0.25, 0.3) is 0 Å². The number of nitrogens with zero attached hydrogens (tertiary/aromatic N) is 4. The Labute approximate surface area is 141 Å². The minimum absolute atomic E-state index is 0.0902. The number of hydrogen-bond donors (Lipinski definition) is 2. The molecular weight excluding hydrogens is 334 g/mol. The van der Waals surface area contributed by atoms with Gasteiger partial charge in [-0.05, 0) is 18.2 Å². The Morgan fingerprint density at radius 2 is 2.21 bits per heavy atom. The fourth-order valence-electron chi connectivity index (χ4n) is 2.86. The molecule has 0 spiro atoms. The number of amides is 1. The molecule has 1 aliphatic heterocycles. The van der Waals surface area contributed by atoms with Crippen molar-refractivity contribution in [3.63, 3.8) is 0 Å². The Hall–Kier alpha value is -2.74. The second-order valence-electron chi connectivity index (χ2n) is 5.78. The highest BCUT2D eigenvalue weighted by Crippen LogP contribution is 2.36. The van der Waals surface area contributed by atoms with Gasteiger partial charge in [0.05, 0.1) is 6.04 Å². The molecule has 4 rings (SSSR count). The summed E-state index contributed by atoms with van der Waals surface area (Å²) in [5.74, 6) is 0.704. The van der Waals surface area contributed by atoms with Gasteiger partial charge in [-0.1, -0.05) is 11.6 Å². The van der Waals surface area contributed by atoms with E-state index in [0.29, 0.717) is 40.6 Å². The van der Waals surface area contributed by atoms with Crippen molar-refractivity contribution in [2.75, 3.05) is 30.8 Å². The van der Waals surface area contributed by atoms with Crippen LogP contribution in [0.3, 0.4) is 0 Å². The highest BCUT2D eigenvalue weighted by atomic mass is 35.5. The zero-order valence-electron chi connectivity index (χ0n) is 12.7. The van der Waals surface area contributed by atoms with Crippen LogP contribution in [0.1, 0.15) is 0 Å². The molecule has 0 radical (unpaired) electrons. The number of carbonyl (C=O) groups is 1. The molecule has 124 valence electrons. The molecule has 3 aromatic rings. The van der Waals surface area contributed by atoms with Crippen molar-refractivity contribution in [3.05, 3.63) is 23.2 Å². The van der Waals surface area contributed by atoms with E-state index in [4.69, 9.17) is 26.9 Å². The van der Waals surface area contributed by atoms with Crippen LogP contribution >= 0.6 is 11.6 Å². The second kappa shape index (κ2) is 5.13. The van der Waals surface area contributed by atoms with Gasteiger partial charge in [0.2, 0.25) is 5.95 Å². The van der Waals surface area contributed by atoms with Crippen LogP contribution in [0.4, 0.5) is 16.6 Å². The van der Waals surface area contributed by atoms with Crippen molar-refractivity contribution in [2.24, 2.45) is 0 Å². The van der Waals surface area contributed by atoms with Gasteiger partial charge in [0.1, 0.15) is 11.1 Å². The first-order chi connectivity index (χ1) is 11.4. The van der Waals surface area contributed by atoms with Crippen molar-refractivity contribution in [1.82, 2.24) is 14.9 Å². The Morgan fingerprint density at radius 1 is 1.46 bits per heavy atom. The third-order valence-corrected chi connectivity index (χ3v) is 4.52. The topological polar surface area (TPSA) is 109 Å². The van der Waals surface area contributed by atoms with Crippen molar-refractivity contribution in [3.8, 4) is 0 Å². The normalized spacial score (nSPS) is 15.0. The fourth-order valence-corrected chi connectivity index (χ4v) is 3.03. The smallest absolute Gasteiger partial charge is 0.407 e. The van der Waals surface area contributed by atoms with E-state index < -0.39 is 6.09 Å². The van der Waals surface area contributed by atoms with Gasteiger partial charge in [-0.3, -0.25) is 0 Å². The highest BCUT2D eigenvalue weighted by molar-refractivity contribution is 6.31. The molecule has 0 atom stereocenters. The summed E-state index contributed by atoms with van der Waals surface area (Å²) in [6, 6.07) is 5.20. The third kappa shape index (κ3) is 2.18. The maximum atomic E-state index is 11.0. The number of carboxylic acid groups (broad SMARTS) is 1. The Morgan fingerprint density at radius 3 is 2.92 bits per heavy atom. The van der Waals surface area contributed by atoms with Gasteiger partial charge in [-0.2, -0.15) is 4.98 Å². The summed E-state index contributed by atoms with van der Waals surface area (Å²) in [6.45, 7) is 1.04. The molecule has 0 bridgehead atoms. The average Bonchev–Trinajstić information content (AvgIpc) is 2.83. The number of anilines is 2. The molecule has 0 saturated carbocycles. The number of nitrogens with two attached hydrogens (primary N) is 1. The van der Waals surface area contributed by atoms with E-state index in [1.54, 1.807) is 25.2 Å². The molecule has 2 aromatic heterocycles. The van der Waals surface area contributed by atoms with Crippen LogP contribution in [0.15, 0.2) is 22.6 Å². The second-order valence-corrected chi connectivity index (χ2v) is 6.21. The van der Waals surface area contributed by atoms with E-state index in [0.717, 1.165) is 5.39 Å². The van der Waals surface area contributed by atoms with E-state index in [-0.39, 0.29) is 12.0 Å². The summed E-state index contributed by atoms with van der Waals surface area (Å²) < 4.78 is 5.88. The predicted octanol–water partition coefficient (Wildman–Crippen LogP) is 2.41. The number of hydrogen-bond acceptors (Lipinski definition) is 6. The quantitative estimate of drug-likeness (QED) is 0.732. The molecule has 1 saturated heterocycles. The zero-order chi connectivity index (χ0) is 17.0. The molecular formula is C15H14ClN5O3. The molecule has 0 unspecified atom stereocenters. The lowest BCUT2D eigenvalue weighted by molar-refractivity contribution is 0.130. The van der Waals surface area contributed by atoms with Crippen LogP contribution < -0.4 is 10.6 Å². The van der Waals surface area contributed by atoms with Crippen LogP contribution in [0.25, 0.3) is 22.1 Å². The number of halogens is 1. The van der Waals surface area contributed by atoms with Crippen LogP contribution in [0, 0.1) is 0 Å². The molecule has 0 aliphatic carbocycles. The van der Waals surface area contributed by atoms with Crippen LogP contribution in [-0.4, -0.2) is 52.2 Å². The molecule has 1 amide bonds. The minimum Gasteiger partial charge on any atom is -0.465 e. The number of aromatic nitrogens is 2. The fraction of sp³-hybridized carbons (Fsp3) is 0.267. The van der Waals surface area contributed by atoms with Crippen molar-refractivity contribution in [1.29, 1.82) is 0 Å². The number of benzene rings is 1. The summed E-state index contributed by atoms with van der Waals surface area (Å²) in [5.41, 5.74) is 7.62. The largest absolute Gasteiger partial charge is 0.465 e. The lowest BCUT2D eigenvalue weighted by atomic mass is 10.1. The van der Waals surface area contributed by atoms with Gasteiger partial charge < -0.3 is 25.1 Å². The van der Waals surface area contributed by atoms with Crippen LogP contribution in [0.2, 0.25) is 5.02 Å². The maximum absolute atomic E-state index is 11.0. The molecule has 1 fully saturated rings. The summed E-state index contributed by atoms with van der Waals surface area (Å²) in [6.07, 6.45) is -0.953. The molecule has 1 aromatic carbocycles. The SMILES string of the molecule is CN(C(=O)O)C1CN(c2nc(N)nc3c2oc2ccc(Cl)cc23)C1. The number of furan rings is 1. The highest BCUT2D eigenvalue weighted by Gasteiger charge is 2.35.